The van der Waals surface area contributed by atoms with Crippen LogP contribution >= 0.6 is 0 Å². The van der Waals surface area contributed by atoms with Crippen LogP contribution in [0.4, 0.5) is 17.2 Å². The lowest BCUT2D eigenvalue weighted by Crippen LogP contribution is -2.02. The molecule has 0 saturated carbocycles. The van der Waals surface area contributed by atoms with Gasteiger partial charge in [0.1, 0.15) is 0 Å². The Hall–Kier alpha value is -2.48. The highest BCUT2D eigenvalue weighted by atomic mass is 15.3. The summed E-state index contributed by atoms with van der Waals surface area (Å²) >= 11 is 0. The van der Waals surface area contributed by atoms with Gasteiger partial charge in [-0.15, -0.1) is 0 Å². The standard InChI is InChI=1S/C13H15N5/c1-9(2)18-6-5-13(17-18)16-12-4-3-10(8-14)7-11(12)15/h3-7,9H,15H2,1-2H3,(H,16,17). The second kappa shape index (κ2) is 4.80. The quantitative estimate of drug-likeness (QED) is 0.809. The lowest BCUT2D eigenvalue weighted by Gasteiger charge is -2.07. The van der Waals surface area contributed by atoms with Crippen LogP contribution < -0.4 is 11.1 Å². The van der Waals surface area contributed by atoms with Crippen molar-refractivity contribution in [3.63, 3.8) is 0 Å². The highest BCUT2D eigenvalue weighted by molar-refractivity contribution is 5.72. The van der Waals surface area contributed by atoms with E-state index in [0.717, 1.165) is 11.5 Å². The van der Waals surface area contributed by atoms with Crippen LogP contribution in [-0.4, -0.2) is 9.78 Å². The first kappa shape index (κ1) is 12.0. The van der Waals surface area contributed by atoms with E-state index in [-0.39, 0.29) is 0 Å². The fraction of sp³-hybridized carbons (Fsp3) is 0.231. The molecule has 2 aromatic rings. The van der Waals surface area contributed by atoms with Crippen LogP contribution in [0.2, 0.25) is 0 Å². The van der Waals surface area contributed by atoms with Crippen LogP contribution in [0.3, 0.4) is 0 Å². The molecule has 0 amide bonds. The topological polar surface area (TPSA) is 79.7 Å². The van der Waals surface area contributed by atoms with Crippen LogP contribution in [0.5, 0.6) is 0 Å². The smallest absolute Gasteiger partial charge is 0.152 e. The molecule has 18 heavy (non-hydrogen) atoms. The second-order valence-corrected chi connectivity index (χ2v) is 4.31. The molecule has 5 nitrogen and oxygen atoms in total. The van der Waals surface area contributed by atoms with Crippen molar-refractivity contribution in [2.45, 2.75) is 19.9 Å². The Bertz CT molecular complexity index is 592. The first-order valence-electron chi connectivity index (χ1n) is 5.72. The van der Waals surface area contributed by atoms with Gasteiger partial charge in [-0.25, -0.2) is 0 Å². The Labute approximate surface area is 106 Å². The summed E-state index contributed by atoms with van der Waals surface area (Å²) in [7, 11) is 0. The van der Waals surface area contributed by atoms with Crippen molar-refractivity contribution in [1.29, 1.82) is 5.26 Å². The summed E-state index contributed by atoms with van der Waals surface area (Å²) in [5.41, 5.74) is 7.70. The van der Waals surface area contributed by atoms with Crippen molar-refractivity contribution in [2.75, 3.05) is 11.1 Å². The maximum absolute atomic E-state index is 8.77. The van der Waals surface area contributed by atoms with Gasteiger partial charge in [-0.3, -0.25) is 4.68 Å². The first-order chi connectivity index (χ1) is 8.60. The third-order valence-corrected chi connectivity index (χ3v) is 2.58. The van der Waals surface area contributed by atoms with Crippen molar-refractivity contribution in [3.05, 3.63) is 36.0 Å². The number of nitrogen functional groups attached to an aromatic ring is 1. The van der Waals surface area contributed by atoms with Gasteiger partial charge >= 0.3 is 0 Å². The molecule has 1 aromatic heterocycles. The van der Waals surface area contributed by atoms with Gasteiger partial charge in [0.25, 0.3) is 0 Å². The number of nitriles is 1. The molecule has 0 radical (unpaired) electrons. The number of nitrogens with one attached hydrogen (secondary N) is 1. The van der Waals surface area contributed by atoms with Gasteiger partial charge in [-0.05, 0) is 32.0 Å². The van der Waals surface area contributed by atoms with E-state index >= 15 is 0 Å². The largest absolute Gasteiger partial charge is 0.397 e. The number of benzene rings is 1. The van der Waals surface area contributed by atoms with Crippen LogP contribution in [0.25, 0.3) is 0 Å². The van der Waals surface area contributed by atoms with E-state index in [9.17, 15) is 0 Å². The summed E-state index contributed by atoms with van der Waals surface area (Å²) in [5.74, 6) is 0.736. The highest BCUT2D eigenvalue weighted by Gasteiger charge is 2.05. The van der Waals surface area contributed by atoms with E-state index in [1.165, 1.54) is 0 Å². The molecule has 1 heterocycles. The van der Waals surface area contributed by atoms with Gasteiger partial charge in [-0.2, -0.15) is 10.4 Å². The van der Waals surface area contributed by atoms with Crippen LogP contribution in [0, 0.1) is 11.3 Å². The third-order valence-electron chi connectivity index (χ3n) is 2.58. The third kappa shape index (κ3) is 2.43. The van der Waals surface area contributed by atoms with E-state index in [4.69, 9.17) is 11.0 Å². The zero-order valence-electron chi connectivity index (χ0n) is 10.4. The van der Waals surface area contributed by atoms with Gasteiger partial charge in [0.2, 0.25) is 0 Å². The molecule has 0 bridgehead atoms. The van der Waals surface area contributed by atoms with E-state index < -0.39 is 0 Å². The van der Waals surface area contributed by atoms with Crippen LogP contribution in [0.15, 0.2) is 30.5 Å². The number of nitrogens with two attached hydrogens (primary N) is 1. The number of nitrogens with zero attached hydrogens (tertiary/aromatic N) is 3. The SMILES string of the molecule is CC(C)n1ccc(Nc2ccc(C#N)cc2N)n1. The molecule has 0 atom stereocenters. The summed E-state index contributed by atoms with van der Waals surface area (Å²) in [5, 5.41) is 16.3. The van der Waals surface area contributed by atoms with E-state index in [2.05, 4.69) is 30.3 Å². The Morgan fingerprint density at radius 2 is 2.17 bits per heavy atom. The van der Waals surface area contributed by atoms with Crippen molar-refractivity contribution < 1.29 is 0 Å². The molecular weight excluding hydrogens is 226 g/mol. The van der Waals surface area contributed by atoms with E-state index in [1.807, 2.05) is 16.9 Å². The summed E-state index contributed by atoms with van der Waals surface area (Å²) in [6, 6.07) is 9.40. The molecule has 92 valence electrons. The molecule has 0 spiro atoms. The maximum Gasteiger partial charge on any atom is 0.152 e. The molecular formula is C13H15N5. The molecule has 0 aliphatic carbocycles. The monoisotopic (exact) mass is 241 g/mol. The molecule has 3 N–H and O–H groups in total. The highest BCUT2D eigenvalue weighted by Crippen LogP contribution is 2.23. The zero-order valence-corrected chi connectivity index (χ0v) is 10.4. The Kier molecular flexibility index (Phi) is 3.20. The van der Waals surface area contributed by atoms with E-state index in [0.29, 0.717) is 17.3 Å². The summed E-state index contributed by atoms with van der Waals surface area (Å²) in [6.45, 7) is 4.12. The van der Waals surface area contributed by atoms with Gasteiger partial charge < -0.3 is 11.1 Å². The van der Waals surface area contributed by atoms with Crippen molar-refractivity contribution in [1.82, 2.24) is 9.78 Å². The second-order valence-electron chi connectivity index (χ2n) is 4.31. The van der Waals surface area contributed by atoms with Crippen molar-refractivity contribution in [3.8, 4) is 6.07 Å². The van der Waals surface area contributed by atoms with Crippen molar-refractivity contribution >= 4 is 17.2 Å². The van der Waals surface area contributed by atoms with Gasteiger partial charge in [-0.1, -0.05) is 0 Å². The number of aromatic nitrogens is 2. The number of hydrogen-bond acceptors (Lipinski definition) is 4. The molecule has 0 unspecified atom stereocenters. The minimum atomic E-state index is 0.318. The molecule has 2 rings (SSSR count). The lowest BCUT2D eigenvalue weighted by molar-refractivity contribution is 0.534. The van der Waals surface area contributed by atoms with Gasteiger partial charge in [0.05, 0.1) is 23.0 Å². The predicted molar refractivity (Wildman–Crippen MR) is 71.5 cm³/mol. The summed E-state index contributed by atoms with van der Waals surface area (Å²) in [4.78, 5) is 0. The minimum absolute atomic E-state index is 0.318. The molecule has 1 aromatic carbocycles. The Morgan fingerprint density at radius 1 is 1.39 bits per heavy atom. The van der Waals surface area contributed by atoms with Gasteiger partial charge in [0.15, 0.2) is 5.82 Å². The molecule has 0 saturated heterocycles. The summed E-state index contributed by atoms with van der Waals surface area (Å²) < 4.78 is 1.86. The minimum Gasteiger partial charge on any atom is -0.397 e. The van der Waals surface area contributed by atoms with Crippen LogP contribution in [0.1, 0.15) is 25.5 Å². The van der Waals surface area contributed by atoms with Crippen LogP contribution in [-0.2, 0) is 0 Å². The van der Waals surface area contributed by atoms with E-state index in [1.54, 1.807) is 18.2 Å². The Morgan fingerprint density at radius 3 is 2.72 bits per heavy atom. The maximum atomic E-state index is 8.77. The molecule has 0 aliphatic rings. The fourth-order valence-electron chi connectivity index (χ4n) is 1.58. The zero-order chi connectivity index (χ0) is 13.1. The number of rotatable bonds is 3. The normalized spacial score (nSPS) is 10.3. The average molecular weight is 241 g/mol. The molecule has 0 aliphatic heterocycles. The lowest BCUT2D eigenvalue weighted by atomic mass is 10.2. The number of hydrogen-bond donors (Lipinski definition) is 2. The fourth-order valence-corrected chi connectivity index (χ4v) is 1.58. The first-order valence-corrected chi connectivity index (χ1v) is 5.72. The Balaban J connectivity index is 2.21. The van der Waals surface area contributed by atoms with Gasteiger partial charge in [0, 0.05) is 18.3 Å². The predicted octanol–water partition coefficient (Wildman–Crippen LogP) is 2.66. The summed E-state index contributed by atoms with van der Waals surface area (Å²) in [6.07, 6.45) is 1.91. The molecule has 5 heteroatoms. The number of anilines is 3. The average Bonchev–Trinajstić information content (AvgIpc) is 2.80. The van der Waals surface area contributed by atoms with Crippen molar-refractivity contribution in [2.24, 2.45) is 0 Å². The molecule has 0 fully saturated rings.